The quantitative estimate of drug-likeness (QED) is 0.468. The number of nitrogens with one attached hydrogen (secondary N) is 2. The lowest BCUT2D eigenvalue weighted by molar-refractivity contribution is -0.122. The van der Waals surface area contributed by atoms with Crippen LogP contribution in [0.25, 0.3) is 0 Å². The average molecular weight is 267 g/mol. The molecule has 1 fully saturated rings. The van der Waals surface area contributed by atoms with E-state index < -0.39 is 0 Å². The normalized spacial score (nSPS) is 19.9. The summed E-state index contributed by atoms with van der Waals surface area (Å²) in [4.78, 5) is 13.8. The predicted octanol–water partition coefficient (Wildman–Crippen LogP) is -0.316. The molecule has 0 radical (unpaired) electrons. The fourth-order valence-electron chi connectivity index (χ4n) is 2.35. The maximum absolute atomic E-state index is 11.6. The molecule has 0 spiro atoms. The smallest absolute Gasteiger partial charge is 0.234 e. The molecule has 1 amide bonds. The van der Waals surface area contributed by atoms with Crippen molar-refractivity contribution < 1.29 is 9.53 Å². The van der Waals surface area contributed by atoms with Gasteiger partial charge in [0.05, 0.1) is 19.7 Å². The molecule has 1 aliphatic rings. The molecule has 1 heterocycles. The molecule has 1 unspecified atom stereocenters. The van der Waals surface area contributed by atoms with E-state index in [1.54, 1.807) is 7.11 Å². The summed E-state index contributed by atoms with van der Waals surface area (Å²) in [6.45, 7) is 5.36. The number of methoxy groups -OCH3 is 1. The number of amides is 1. The van der Waals surface area contributed by atoms with E-state index in [0.29, 0.717) is 19.0 Å². The monoisotopic (exact) mass is 267 g/mol. The second-order valence-corrected chi connectivity index (χ2v) is 4.92. The van der Waals surface area contributed by atoms with E-state index in [2.05, 4.69) is 21.5 Å². The molecule has 5 heteroatoms. The highest BCUT2D eigenvalue weighted by Crippen LogP contribution is 2.15. The Bertz CT molecular complexity index is 302. The number of hydrogen-bond donors (Lipinski definition) is 2. The summed E-state index contributed by atoms with van der Waals surface area (Å²) in [5.74, 6) is 3.05. The minimum Gasteiger partial charge on any atom is -0.383 e. The van der Waals surface area contributed by atoms with Crippen molar-refractivity contribution in [3.05, 3.63) is 0 Å². The summed E-state index contributed by atoms with van der Waals surface area (Å²) in [6, 6.07) is 0. The van der Waals surface area contributed by atoms with Gasteiger partial charge in [0.2, 0.25) is 5.91 Å². The maximum Gasteiger partial charge on any atom is 0.234 e. The third kappa shape index (κ3) is 7.16. The molecule has 0 bridgehead atoms. The summed E-state index contributed by atoms with van der Waals surface area (Å²) in [6.07, 6.45) is 7.49. The molecule has 0 saturated carbocycles. The van der Waals surface area contributed by atoms with Crippen LogP contribution in [0.15, 0.2) is 0 Å². The predicted molar refractivity (Wildman–Crippen MR) is 75.8 cm³/mol. The number of carbonyl (C=O) groups is 1. The Hall–Kier alpha value is -1.09. The van der Waals surface area contributed by atoms with Crippen molar-refractivity contribution in [1.82, 2.24) is 15.5 Å². The highest BCUT2D eigenvalue weighted by molar-refractivity contribution is 5.78. The number of hydrogen-bond acceptors (Lipinski definition) is 4. The number of piperidine rings is 1. The van der Waals surface area contributed by atoms with Gasteiger partial charge in [-0.15, -0.1) is 6.42 Å². The van der Waals surface area contributed by atoms with Crippen LogP contribution in [0.3, 0.4) is 0 Å². The number of likely N-dealkylation sites (tertiary alicyclic amines) is 1. The number of nitrogens with zero attached hydrogens (tertiary/aromatic N) is 1. The van der Waals surface area contributed by atoms with Gasteiger partial charge in [0.1, 0.15) is 0 Å². The van der Waals surface area contributed by atoms with Crippen molar-refractivity contribution >= 4 is 5.91 Å². The highest BCUT2D eigenvalue weighted by Gasteiger charge is 2.20. The van der Waals surface area contributed by atoms with E-state index >= 15 is 0 Å². The topological polar surface area (TPSA) is 53.6 Å². The zero-order valence-electron chi connectivity index (χ0n) is 11.8. The number of carbonyl (C=O) groups excluding carboxylic acids is 1. The molecule has 1 saturated heterocycles. The molecule has 2 N–H and O–H groups in total. The van der Waals surface area contributed by atoms with Crippen molar-refractivity contribution in [2.24, 2.45) is 5.92 Å². The first kappa shape index (κ1) is 16.0. The molecule has 108 valence electrons. The molecule has 0 aromatic heterocycles. The summed E-state index contributed by atoms with van der Waals surface area (Å²) < 4.78 is 5.00. The first-order valence-electron chi connectivity index (χ1n) is 6.88. The van der Waals surface area contributed by atoms with Crippen LogP contribution in [0.5, 0.6) is 0 Å². The van der Waals surface area contributed by atoms with Crippen LogP contribution in [0.1, 0.15) is 12.8 Å². The molecular formula is C14H25N3O2. The van der Waals surface area contributed by atoms with Gasteiger partial charge in [-0.2, -0.15) is 0 Å². The minimum atomic E-state index is 0.0194. The van der Waals surface area contributed by atoms with Crippen molar-refractivity contribution in [1.29, 1.82) is 0 Å². The lowest BCUT2D eigenvalue weighted by atomic mass is 9.98. The Labute approximate surface area is 116 Å². The van der Waals surface area contributed by atoms with E-state index in [-0.39, 0.29) is 5.91 Å². The summed E-state index contributed by atoms with van der Waals surface area (Å²) in [5.41, 5.74) is 0. The third-order valence-electron chi connectivity index (χ3n) is 3.27. The van der Waals surface area contributed by atoms with E-state index in [1.807, 2.05) is 0 Å². The van der Waals surface area contributed by atoms with Crippen LogP contribution < -0.4 is 10.6 Å². The second-order valence-electron chi connectivity index (χ2n) is 4.92. The van der Waals surface area contributed by atoms with Gasteiger partial charge in [0.25, 0.3) is 0 Å². The molecule has 1 aliphatic heterocycles. The van der Waals surface area contributed by atoms with Crippen LogP contribution in [-0.2, 0) is 9.53 Å². The van der Waals surface area contributed by atoms with Crippen LogP contribution in [-0.4, -0.2) is 63.8 Å². The van der Waals surface area contributed by atoms with Gasteiger partial charge in [0, 0.05) is 20.2 Å². The van der Waals surface area contributed by atoms with Gasteiger partial charge in [-0.3, -0.25) is 9.69 Å². The lowest BCUT2D eigenvalue weighted by Crippen LogP contribution is -2.44. The summed E-state index contributed by atoms with van der Waals surface area (Å²) in [7, 11) is 1.71. The largest absolute Gasteiger partial charge is 0.383 e. The summed E-state index contributed by atoms with van der Waals surface area (Å²) in [5, 5.41) is 6.09. The van der Waals surface area contributed by atoms with Crippen molar-refractivity contribution in [2.75, 3.05) is 53.0 Å². The van der Waals surface area contributed by atoms with Gasteiger partial charge in [0.15, 0.2) is 0 Å². The van der Waals surface area contributed by atoms with Crippen LogP contribution in [0.2, 0.25) is 0 Å². The van der Waals surface area contributed by atoms with Gasteiger partial charge in [-0.1, -0.05) is 5.92 Å². The Balaban J connectivity index is 2.18. The lowest BCUT2D eigenvalue weighted by Gasteiger charge is -2.32. The van der Waals surface area contributed by atoms with Crippen molar-refractivity contribution in [3.8, 4) is 12.3 Å². The second kappa shape index (κ2) is 9.79. The Kier molecular flexibility index (Phi) is 8.23. The number of terminal acetylenes is 1. The molecule has 1 rings (SSSR count). The van der Waals surface area contributed by atoms with Gasteiger partial charge in [-0.05, 0) is 31.8 Å². The SMILES string of the molecule is C#CCNC(=O)CN1CCCC(CNCCOC)C1. The van der Waals surface area contributed by atoms with E-state index in [4.69, 9.17) is 11.2 Å². The van der Waals surface area contributed by atoms with E-state index in [9.17, 15) is 4.79 Å². The van der Waals surface area contributed by atoms with Gasteiger partial charge >= 0.3 is 0 Å². The standard InChI is InChI=1S/C14H25N3O2/c1-3-6-16-14(18)12-17-8-4-5-13(11-17)10-15-7-9-19-2/h1,13,15H,4-12H2,2H3,(H,16,18). The Morgan fingerprint density at radius 2 is 2.42 bits per heavy atom. The molecule has 1 atom stereocenters. The molecular weight excluding hydrogens is 242 g/mol. The van der Waals surface area contributed by atoms with E-state index in [1.165, 1.54) is 6.42 Å². The maximum atomic E-state index is 11.6. The molecule has 0 aromatic carbocycles. The van der Waals surface area contributed by atoms with Crippen molar-refractivity contribution in [2.45, 2.75) is 12.8 Å². The Morgan fingerprint density at radius 1 is 1.58 bits per heavy atom. The summed E-state index contributed by atoms with van der Waals surface area (Å²) >= 11 is 0. The van der Waals surface area contributed by atoms with Crippen LogP contribution in [0.4, 0.5) is 0 Å². The third-order valence-corrected chi connectivity index (χ3v) is 3.27. The molecule has 5 nitrogen and oxygen atoms in total. The van der Waals surface area contributed by atoms with Crippen LogP contribution in [0, 0.1) is 18.3 Å². The number of ether oxygens (including phenoxy) is 1. The average Bonchev–Trinajstić information content (AvgIpc) is 2.42. The fourth-order valence-corrected chi connectivity index (χ4v) is 2.35. The first-order valence-corrected chi connectivity index (χ1v) is 6.88. The van der Waals surface area contributed by atoms with Gasteiger partial charge < -0.3 is 15.4 Å². The molecule has 0 aromatic rings. The van der Waals surface area contributed by atoms with E-state index in [0.717, 1.165) is 39.2 Å². The Morgan fingerprint density at radius 3 is 3.16 bits per heavy atom. The number of rotatable bonds is 8. The van der Waals surface area contributed by atoms with Gasteiger partial charge in [-0.25, -0.2) is 0 Å². The zero-order chi connectivity index (χ0) is 13.9. The minimum absolute atomic E-state index is 0.0194. The highest BCUT2D eigenvalue weighted by atomic mass is 16.5. The van der Waals surface area contributed by atoms with Crippen molar-refractivity contribution in [3.63, 3.8) is 0 Å². The first-order chi connectivity index (χ1) is 9.26. The zero-order valence-corrected chi connectivity index (χ0v) is 11.8. The molecule has 19 heavy (non-hydrogen) atoms. The fraction of sp³-hybridized carbons (Fsp3) is 0.786. The van der Waals surface area contributed by atoms with Crippen LogP contribution >= 0.6 is 0 Å². The molecule has 0 aliphatic carbocycles.